The maximum atomic E-state index is 11.1. The van der Waals surface area contributed by atoms with E-state index < -0.39 is 11.5 Å². The van der Waals surface area contributed by atoms with Crippen LogP contribution in [0.1, 0.15) is 26.2 Å². The van der Waals surface area contributed by atoms with Crippen LogP contribution in [0.5, 0.6) is 0 Å². The highest BCUT2D eigenvalue weighted by atomic mass is 16.4. The van der Waals surface area contributed by atoms with Gasteiger partial charge >= 0.3 is 5.97 Å². The Morgan fingerprint density at radius 3 is 2.92 bits per heavy atom. The Balaban J connectivity index is 2.84. The average molecular weight is 182 g/mol. The van der Waals surface area contributed by atoms with Crippen molar-refractivity contribution in [2.45, 2.75) is 31.7 Å². The number of hydrogen-bond acceptors (Lipinski definition) is 3. The van der Waals surface area contributed by atoms with Gasteiger partial charge < -0.3 is 5.11 Å². The molecule has 1 saturated heterocycles. The van der Waals surface area contributed by atoms with Crippen LogP contribution < -0.4 is 0 Å². The van der Waals surface area contributed by atoms with E-state index in [2.05, 4.69) is 0 Å². The van der Waals surface area contributed by atoms with E-state index in [1.54, 1.807) is 4.90 Å². The van der Waals surface area contributed by atoms with Gasteiger partial charge in [0, 0.05) is 6.54 Å². The third-order valence-corrected chi connectivity index (χ3v) is 2.87. The molecule has 1 N–H and O–H groups in total. The summed E-state index contributed by atoms with van der Waals surface area (Å²) in [6.07, 6.45) is 2.12. The smallest absolute Gasteiger partial charge is 0.324 e. The van der Waals surface area contributed by atoms with Crippen molar-refractivity contribution in [3.8, 4) is 6.07 Å². The Labute approximate surface area is 77.8 Å². The standard InChI is InChI=1S/C9H14N2O2/c1-2-9(8(12)13)4-3-6-11(9)7-5-10/h2-4,6-7H2,1H3,(H,12,13). The summed E-state index contributed by atoms with van der Waals surface area (Å²) in [5.41, 5.74) is -0.768. The average Bonchev–Trinajstić information content (AvgIpc) is 2.49. The van der Waals surface area contributed by atoms with Crippen LogP contribution in [0.4, 0.5) is 0 Å². The fraction of sp³-hybridized carbons (Fsp3) is 0.778. The van der Waals surface area contributed by atoms with Gasteiger partial charge in [-0.25, -0.2) is 0 Å². The quantitative estimate of drug-likeness (QED) is 0.657. The van der Waals surface area contributed by atoms with Gasteiger partial charge in [0.2, 0.25) is 0 Å². The fourth-order valence-electron chi connectivity index (χ4n) is 2.04. The molecule has 1 rings (SSSR count). The minimum absolute atomic E-state index is 0.222. The van der Waals surface area contributed by atoms with Gasteiger partial charge in [-0.2, -0.15) is 5.26 Å². The highest BCUT2D eigenvalue weighted by molar-refractivity contribution is 5.79. The molecule has 0 saturated carbocycles. The molecule has 13 heavy (non-hydrogen) atoms. The number of rotatable bonds is 3. The lowest BCUT2D eigenvalue weighted by Gasteiger charge is -2.31. The second kappa shape index (κ2) is 3.75. The molecule has 0 aromatic carbocycles. The molecule has 1 unspecified atom stereocenters. The van der Waals surface area contributed by atoms with Crippen molar-refractivity contribution in [2.24, 2.45) is 0 Å². The lowest BCUT2D eigenvalue weighted by molar-refractivity contribution is -0.149. The van der Waals surface area contributed by atoms with Gasteiger partial charge in [0.25, 0.3) is 0 Å². The number of nitrogens with zero attached hydrogens (tertiary/aromatic N) is 2. The molecule has 1 atom stereocenters. The number of carboxylic acid groups (broad SMARTS) is 1. The van der Waals surface area contributed by atoms with Crippen molar-refractivity contribution < 1.29 is 9.90 Å². The molecule has 72 valence electrons. The normalized spacial score (nSPS) is 28.6. The van der Waals surface area contributed by atoms with Crippen molar-refractivity contribution in [3.63, 3.8) is 0 Å². The Bertz CT molecular complexity index is 246. The van der Waals surface area contributed by atoms with E-state index in [9.17, 15) is 4.79 Å². The van der Waals surface area contributed by atoms with Crippen LogP contribution in [0, 0.1) is 11.3 Å². The molecule has 0 spiro atoms. The third kappa shape index (κ3) is 1.52. The molecule has 0 aliphatic carbocycles. The molecular formula is C9H14N2O2. The van der Waals surface area contributed by atoms with E-state index in [0.717, 1.165) is 13.0 Å². The van der Waals surface area contributed by atoms with E-state index in [1.165, 1.54) is 0 Å². The summed E-state index contributed by atoms with van der Waals surface area (Å²) in [7, 11) is 0. The highest BCUT2D eigenvalue weighted by Gasteiger charge is 2.45. The molecule has 1 fully saturated rings. The van der Waals surface area contributed by atoms with Crippen LogP contribution in [0.25, 0.3) is 0 Å². The van der Waals surface area contributed by atoms with Gasteiger partial charge in [-0.05, 0) is 19.3 Å². The first-order valence-corrected chi connectivity index (χ1v) is 4.53. The number of hydrogen-bond donors (Lipinski definition) is 1. The van der Waals surface area contributed by atoms with Crippen LogP contribution in [0.2, 0.25) is 0 Å². The van der Waals surface area contributed by atoms with Gasteiger partial charge in [0.1, 0.15) is 5.54 Å². The predicted octanol–water partition coefficient (Wildman–Crippen LogP) is 0.839. The molecule has 0 aromatic rings. The van der Waals surface area contributed by atoms with E-state index >= 15 is 0 Å². The van der Waals surface area contributed by atoms with Crippen LogP contribution in [-0.2, 0) is 4.79 Å². The number of carbonyl (C=O) groups is 1. The monoisotopic (exact) mass is 182 g/mol. The fourth-order valence-corrected chi connectivity index (χ4v) is 2.04. The van der Waals surface area contributed by atoms with E-state index in [0.29, 0.717) is 12.8 Å². The molecule has 1 aliphatic heterocycles. The van der Waals surface area contributed by atoms with Gasteiger partial charge in [-0.1, -0.05) is 6.92 Å². The zero-order valence-electron chi connectivity index (χ0n) is 7.79. The van der Waals surface area contributed by atoms with E-state index in [1.807, 2.05) is 13.0 Å². The lowest BCUT2D eigenvalue weighted by Crippen LogP contribution is -2.50. The number of likely N-dealkylation sites (tertiary alicyclic amines) is 1. The minimum atomic E-state index is -0.789. The summed E-state index contributed by atoms with van der Waals surface area (Å²) in [5.74, 6) is -0.789. The van der Waals surface area contributed by atoms with Crippen molar-refractivity contribution in [1.29, 1.82) is 5.26 Å². The van der Waals surface area contributed by atoms with Gasteiger partial charge in [-0.3, -0.25) is 9.69 Å². The van der Waals surface area contributed by atoms with Gasteiger partial charge in [0.05, 0.1) is 12.6 Å². The predicted molar refractivity (Wildman–Crippen MR) is 47.1 cm³/mol. The molecule has 0 bridgehead atoms. The van der Waals surface area contributed by atoms with E-state index in [-0.39, 0.29) is 6.54 Å². The molecule has 4 heteroatoms. The Hall–Kier alpha value is -1.08. The van der Waals surface area contributed by atoms with Crippen LogP contribution in [-0.4, -0.2) is 34.6 Å². The zero-order valence-corrected chi connectivity index (χ0v) is 7.79. The molecule has 0 aromatic heterocycles. The third-order valence-electron chi connectivity index (χ3n) is 2.87. The zero-order chi connectivity index (χ0) is 9.90. The maximum Gasteiger partial charge on any atom is 0.324 e. The summed E-state index contributed by atoms with van der Waals surface area (Å²) in [5, 5.41) is 17.7. The van der Waals surface area contributed by atoms with Gasteiger partial charge in [-0.15, -0.1) is 0 Å². The molecular weight excluding hydrogens is 168 g/mol. The Morgan fingerprint density at radius 2 is 2.46 bits per heavy atom. The van der Waals surface area contributed by atoms with Crippen molar-refractivity contribution >= 4 is 5.97 Å². The molecule has 0 amide bonds. The first kappa shape index (κ1) is 10.0. The second-order valence-electron chi connectivity index (χ2n) is 3.37. The summed E-state index contributed by atoms with van der Waals surface area (Å²) in [6.45, 7) is 2.82. The van der Waals surface area contributed by atoms with Crippen LogP contribution >= 0.6 is 0 Å². The van der Waals surface area contributed by atoms with Crippen LogP contribution in [0.3, 0.4) is 0 Å². The van der Waals surface area contributed by atoms with E-state index in [4.69, 9.17) is 10.4 Å². The minimum Gasteiger partial charge on any atom is -0.480 e. The second-order valence-corrected chi connectivity index (χ2v) is 3.37. The number of carboxylic acids is 1. The number of aliphatic carboxylic acids is 1. The maximum absolute atomic E-state index is 11.1. The first-order chi connectivity index (χ1) is 6.17. The Kier molecular flexibility index (Phi) is 2.89. The molecule has 4 nitrogen and oxygen atoms in total. The largest absolute Gasteiger partial charge is 0.480 e. The van der Waals surface area contributed by atoms with Crippen molar-refractivity contribution in [3.05, 3.63) is 0 Å². The summed E-state index contributed by atoms with van der Waals surface area (Å²) >= 11 is 0. The van der Waals surface area contributed by atoms with Crippen molar-refractivity contribution in [1.82, 2.24) is 4.90 Å². The lowest BCUT2D eigenvalue weighted by atomic mass is 9.93. The molecule has 0 radical (unpaired) electrons. The molecule has 1 heterocycles. The van der Waals surface area contributed by atoms with Gasteiger partial charge in [0.15, 0.2) is 0 Å². The molecule has 1 aliphatic rings. The summed E-state index contributed by atoms with van der Waals surface area (Å²) < 4.78 is 0. The topological polar surface area (TPSA) is 64.3 Å². The number of nitriles is 1. The first-order valence-electron chi connectivity index (χ1n) is 4.53. The summed E-state index contributed by atoms with van der Waals surface area (Å²) in [4.78, 5) is 12.9. The summed E-state index contributed by atoms with van der Waals surface area (Å²) in [6, 6.07) is 2.02. The van der Waals surface area contributed by atoms with Crippen molar-refractivity contribution in [2.75, 3.05) is 13.1 Å². The Morgan fingerprint density at radius 1 is 1.77 bits per heavy atom. The van der Waals surface area contributed by atoms with Crippen LogP contribution in [0.15, 0.2) is 0 Å². The SMILES string of the molecule is CCC1(C(=O)O)CCCN1CC#N. The highest BCUT2D eigenvalue weighted by Crippen LogP contribution is 2.32.